The summed E-state index contributed by atoms with van der Waals surface area (Å²) in [6.07, 6.45) is 0.672. The first-order valence-electron chi connectivity index (χ1n) is 11.1. The Labute approximate surface area is 188 Å². The third-order valence-corrected chi connectivity index (χ3v) is 6.15. The minimum absolute atomic E-state index is 0.0164. The van der Waals surface area contributed by atoms with Crippen molar-refractivity contribution in [3.8, 4) is 0 Å². The van der Waals surface area contributed by atoms with Gasteiger partial charge in [-0.2, -0.15) is 0 Å². The van der Waals surface area contributed by atoms with Gasteiger partial charge in [0.2, 0.25) is 5.91 Å². The van der Waals surface area contributed by atoms with Crippen molar-refractivity contribution in [3.63, 3.8) is 0 Å². The van der Waals surface area contributed by atoms with Crippen LogP contribution in [0.4, 0.5) is 0 Å². The molecule has 1 saturated carbocycles. The largest absolute Gasteiger partial charge is 0.395 e. The standard InChI is InChI=1S/C25H31N3O4/c1-3-28(4-2)24(32)25(18-10-6-5-7-11-18)16-19(25)17-27-23(31)21-13-9-8-12-20(21)22(30)26-14-15-29/h5-13,19,29H,3-4,14-17H2,1-2H3,(H,26,30)(H,27,31)/t19-,25+/m0/s1. The van der Waals surface area contributed by atoms with Gasteiger partial charge in [0.25, 0.3) is 11.8 Å². The van der Waals surface area contributed by atoms with Crippen LogP contribution in [-0.4, -0.2) is 60.5 Å². The molecular formula is C25H31N3O4. The van der Waals surface area contributed by atoms with E-state index in [1.165, 1.54) is 0 Å². The quantitative estimate of drug-likeness (QED) is 0.529. The van der Waals surface area contributed by atoms with Gasteiger partial charge in [0, 0.05) is 26.2 Å². The van der Waals surface area contributed by atoms with Crippen LogP contribution < -0.4 is 10.6 Å². The van der Waals surface area contributed by atoms with Gasteiger partial charge in [-0.1, -0.05) is 42.5 Å². The van der Waals surface area contributed by atoms with Crippen LogP contribution in [0.2, 0.25) is 0 Å². The Hall–Kier alpha value is -3.19. The number of hydrogen-bond donors (Lipinski definition) is 3. The van der Waals surface area contributed by atoms with Crippen LogP contribution >= 0.6 is 0 Å². The zero-order valence-electron chi connectivity index (χ0n) is 18.6. The Morgan fingerprint density at radius 2 is 1.50 bits per heavy atom. The van der Waals surface area contributed by atoms with Crippen molar-refractivity contribution >= 4 is 17.7 Å². The van der Waals surface area contributed by atoms with Crippen LogP contribution in [0.15, 0.2) is 54.6 Å². The molecule has 2 atom stereocenters. The van der Waals surface area contributed by atoms with Gasteiger partial charge in [-0.05, 0) is 43.9 Å². The number of aliphatic hydroxyl groups excluding tert-OH is 1. The maximum Gasteiger partial charge on any atom is 0.252 e. The monoisotopic (exact) mass is 437 g/mol. The molecule has 0 heterocycles. The van der Waals surface area contributed by atoms with Gasteiger partial charge in [-0.25, -0.2) is 0 Å². The van der Waals surface area contributed by atoms with E-state index in [2.05, 4.69) is 10.6 Å². The molecule has 0 aromatic heterocycles. The maximum atomic E-state index is 13.4. The number of rotatable bonds is 10. The van der Waals surface area contributed by atoms with Gasteiger partial charge in [0.1, 0.15) is 0 Å². The van der Waals surface area contributed by atoms with E-state index in [0.717, 1.165) is 5.56 Å². The average Bonchev–Trinajstić information content (AvgIpc) is 3.57. The molecule has 2 aromatic carbocycles. The summed E-state index contributed by atoms with van der Waals surface area (Å²) < 4.78 is 0. The molecule has 0 radical (unpaired) electrons. The molecule has 1 aliphatic carbocycles. The molecule has 1 fully saturated rings. The summed E-state index contributed by atoms with van der Waals surface area (Å²) in [6.45, 7) is 5.50. The summed E-state index contributed by atoms with van der Waals surface area (Å²) in [5.41, 5.74) is 0.866. The summed E-state index contributed by atoms with van der Waals surface area (Å²) in [4.78, 5) is 40.5. The summed E-state index contributed by atoms with van der Waals surface area (Å²) in [6, 6.07) is 16.3. The molecule has 7 nitrogen and oxygen atoms in total. The van der Waals surface area contributed by atoms with Gasteiger partial charge < -0.3 is 20.6 Å². The second kappa shape index (κ2) is 10.4. The maximum absolute atomic E-state index is 13.4. The number of aliphatic hydroxyl groups is 1. The van der Waals surface area contributed by atoms with Crippen molar-refractivity contribution in [3.05, 3.63) is 71.3 Å². The van der Waals surface area contributed by atoms with E-state index < -0.39 is 11.3 Å². The van der Waals surface area contributed by atoms with Crippen LogP contribution in [0.5, 0.6) is 0 Å². The number of nitrogens with one attached hydrogen (secondary N) is 2. The molecule has 0 saturated heterocycles. The molecule has 0 unspecified atom stereocenters. The van der Waals surface area contributed by atoms with E-state index in [-0.39, 0.29) is 42.0 Å². The third kappa shape index (κ3) is 4.67. The second-order valence-electron chi connectivity index (χ2n) is 7.95. The van der Waals surface area contributed by atoms with Crippen molar-refractivity contribution in [2.24, 2.45) is 5.92 Å². The number of amides is 3. The lowest BCUT2D eigenvalue weighted by atomic mass is 9.91. The van der Waals surface area contributed by atoms with Crippen molar-refractivity contribution in [2.75, 3.05) is 32.8 Å². The summed E-state index contributed by atoms with van der Waals surface area (Å²) in [5.74, 6) is -0.690. The highest BCUT2D eigenvalue weighted by atomic mass is 16.3. The Balaban J connectivity index is 1.75. The smallest absolute Gasteiger partial charge is 0.252 e. The van der Waals surface area contributed by atoms with Crippen molar-refractivity contribution in [1.82, 2.24) is 15.5 Å². The van der Waals surface area contributed by atoms with E-state index in [1.807, 2.05) is 49.1 Å². The molecule has 32 heavy (non-hydrogen) atoms. The SMILES string of the molecule is CCN(CC)C(=O)[C@@]1(c2ccccc2)C[C@H]1CNC(=O)c1ccccc1C(=O)NCCO. The molecule has 3 N–H and O–H groups in total. The van der Waals surface area contributed by atoms with E-state index in [0.29, 0.717) is 26.1 Å². The molecule has 3 rings (SSSR count). The molecular weight excluding hydrogens is 406 g/mol. The minimum atomic E-state index is -0.626. The highest BCUT2D eigenvalue weighted by molar-refractivity contribution is 6.07. The molecule has 7 heteroatoms. The number of carbonyl (C=O) groups excluding carboxylic acids is 3. The first-order valence-corrected chi connectivity index (χ1v) is 11.1. The topological polar surface area (TPSA) is 98.7 Å². The first kappa shape index (κ1) is 23.5. The van der Waals surface area contributed by atoms with E-state index in [9.17, 15) is 14.4 Å². The van der Waals surface area contributed by atoms with E-state index in [1.54, 1.807) is 24.3 Å². The minimum Gasteiger partial charge on any atom is -0.395 e. The molecule has 0 spiro atoms. The van der Waals surface area contributed by atoms with Gasteiger partial charge >= 0.3 is 0 Å². The number of nitrogens with zero attached hydrogens (tertiary/aromatic N) is 1. The van der Waals surface area contributed by atoms with E-state index >= 15 is 0 Å². The average molecular weight is 438 g/mol. The Morgan fingerprint density at radius 3 is 2.06 bits per heavy atom. The van der Waals surface area contributed by atoms with Crippen LogP contribution in [0.25, 0.3) is 0 Å². The highest BCUT2D eigenvalue weighted by Crippen LogP contribution is 2.55. The lowest BCUT2D eigenvalue weighted by Gasteiger charge is -2.26. The molecule has 1 aliphatic rings. The predicted molar refractivity (Wildman–Crippen MR) is 122 cm³/mol. The van der Waals surface area contributed by atoms with Crippen LogP contribution in [0, 0.1) is 5.92 Å². The molecule has 0 bridgehead atoms. The number of benzene rings is 2. The van der Waals surface area contributed by atoms with Crippen LogP contribution in [0.1, 0.15) is 46.5 Å². The summed E-state index contributed by atoms with van der Waals surface area (Å²) in [5, 5.41) is 14.4. The normalized spacial score (nSPS) is 19.2. The molecule has 0 aliphatic heterocycles. The van der Waals surface area contributed by atoms with Crippen molar-refractivity contribution in [2.45, 2.75) is 25.7 Å². The fourth-order valence-corrected chi connectivity index (χ4v) is 4.30. The Kier molecular flexibility index (Phi) is 7.64. The van der Waals surface area contributed by atoms with Crippen molar-refractivity contribution in [1.29, 1.82) is 0 Å². The zero-order chi connectivity index (χ0) is 23.1. The third-order valence-electron chi connectivity index (χ3n) is 6.15. The van der Waals surface area contributed by atoms with Gasteiger partial charge in [0.15, 0.2) is 0 Å². The highest BCUT2D eigenvalue weighted by Gasteiger charge is 2.61. The van der Waals surface area contributed by atoms with Gasteiger partial charge in [-0.15, -0.1) is 0 Å². The second-order valence-corrected chi connectivity index (χ2v) is 7.95. The first-order chi connectivity index (χ1) is 15.5. The number of hydrogen-bond acceptors (Lipinski definition) is 4. The van der Waals surface area contributed by atoms with Gasteiger partial charge in [0.05, 0.1) is 23.1 Å². The zero-order valence-corrected chi connectivity index (χ0v) is 18.6. The number of carbonyl (C=O) groups is 3. The summed E-state index contributed by atoms with van der Waals surface area (Å²) in [7, 11) is 0. The Morgan fingerprint density at radius 1 is 0.938 bits per heavy atom. The fourth-order valence-electron chi connectivity index (χ4n) is 4.30. The summed E-state index contributed by atoms with van der Waals surface area (Å²) >= 11 is 0. The lowest BCUT2D eigenvalue weighted by molar-refractivity contribution is -0.134. The van der Waals surface area contributed by atoms with Crippen LogP contribution in [0.3, 0.4) is 0 Å². The molecule has 170 valence electrons. The predicted octanol–water partition coefficient (Wildman–Crippen LogP) is 1.96. The van der Waals surface area contributed by atoms with Crippen molar-refractivity contribution < 1.29 is 19.5 Å². The van der Waals surface area contributed by atoms with Gasteiger partial charge in [-0.3, -0.25) is 14.4 Å². The Bertz CT molecular complexity index is 959. The number of likely N-dealkylation sites (N-methyl/N-ethyl adjacent to an activating group) is 1. The van der Waals surface area contributed by atoms with E-state index in [4.69, 9.17) is 5.11 Å². The fraction of sp³-hybridized carbons (Fsp3) is 0.400. The lowest BCUT2D eigenvalue weighted by Crippen LogP contribution is -2.41. The molecule has 2 aromatic rings. The molecule has 3 amide bonds. The van der Waals surface area contributed by atoms with Crippen LogP contribution in [-0.2, 0) is 10.2 Å².